The molecule has 2 nitrogen and oxygen atoms in total. The van der Waals surface area contributed by atoms with Crippen molar-refractivity contribution in [1.82, 2.24) is 0 Å². The molecule has 0 spiro atoms. The van der Waals surface area contributed by atoms with Crippen LogP contribution in [-0.4, -0.2) is 44.4 Å². The number of rotatable bonds is 19. The number of epoxide rings is 1. The molecule has 0 amide bonds. The first-order chi connectivity index (χ1) is 12.1. The first-order valence-corrected chi connectivity index (χ1v) is 11.6. The molecule has 3 heteroatoms. The second-order valence-corrected chi connectivity index (χ2v) is 9.10. The van der Waals surface area contributed by atoms with Crippen molar-refractivity contribution in [2.24, 2.45) is 0 Å². The summed E-state index contributed by atoms with van der Waals surface area (Å²) >= 11 is 0. The molecule has 0 saturated carbocycles. The van der Waals surface area contributed by atoms with Gasteiger partial charge in [0.2, 0.25) is 0 Å². The number of nitrogens with zero attached hydrogens (tertiary/aromatic N) is 1. The highest BCUT2D eigenvalue weighted by Crippen LogP contribution is 2.16. The minimum atomic E-state index is 0. The Balaban J connectivity index is 0.00000625. The fourth-order valence-corrected chi connectivity index (χ4v) is 3.90. The predicted molar refractivity (Wildman–Crippen MR) is 111 cm³/mol. The summed E-state index contributed by atoms with van der Waals surface area (Å²) in [5, 5.41) is 0. The minimum absolute atomic E-state index is 0. The van der Waals surface area contributed by atoms with Crippen molar-refractivity contribution in [1.29, 1.82) is 0 Å². The zero-order valence-corrected chi connectivity index (χ0v) is 20.4. The second-order valence-electron chi connectivity index (χ2n) is 9.10. The maximum atomic E-state index is 5.36. The molecule has 0 bridgehead atoms. The zero-order chi connectivity index (χ0) is 18.2. The standard InChI is InChI=1S/C23H48NO.HI/c1-4-5-6-7-8-9-10-11-12-13-14-15-16-17-18-19-20-24(2,3)21-23-22-25-23;/h23H,4-22H2,1-3H3;1H/q+1;/p-1. The summed E-state index contributed by atoms with van der Waals surface area (Å²) in [4.78, 5) is 0. The third-order valence-electron chi connectivity index (χ3n) is 5.72. The lowest BCUT2D eigenvalue weighted by Gasteiger charge is -2.29. The molecule has 26 heavy (non-hydrogen) atoms. The van der Waals surface area contributed by atoms with Gasteiger partial charge in [0.1, 0.15) is 12.6 Å². The van der Waals surface area contributed by atoms with Gasteiger partial charge in [-0.25, -0.2) is 0 Å². The minimum Gasteiger partial charge on any atom is -1.00 e. The molecule has 1 heterocycles. The van der Waals surface area contributed by atoms with E-state index in [1.807, 2.05) is 0 Å². The maximum Gasteiger partial charge on any atom is 0.130 e. The lowest BCUT2D eigenvalue weighted by atomic mass is 10.0. The number of ether oxygens (including phenoxy) is 1. The summed E-state index contributed by atoms with van der Waals surface area (Å²) in [5.41, 5.74) is 0. The molecule has 1 saturated heterocycles. The number of likely N-dealkylation sites (N-methyl/N-ethyl adjacent to an activating group) is 1. The van der Waals surface area contributed by atoms with Gasteiger partial charge < -0.3 is 33.2 Å². The van der Waals surface area contributed by atoms with Crippen molar-refractivity contribution >= 4 is 0 Å². The number of unbranched alkanes of at least 4 members (excludes halogenated alkanes) is 15. The summed E-state index contributed by atoms with van der Waals surface area (Å²) in [6, 6.07) is 0. The summed E-state index contributed by atoms with van der Waals surface area (Å²) in [6.07, 6.45) is 23.8. The van der Waals surface area contributed by atoms with Gasteiger partial charge in [-0.1, -0.05) is 96.8 Å². The van der Waals surface area contributed by atoms with E-state index in [2.05, 4.69) is 21.0 Å². The summed E-state index contributed by atoms with van der Waals surface area (Å²) in [5.74, 6) is 0. The summed E-state index contributed by atoms with van der Waals surface area (Å²) in [6.45, 7) is 5.82. The lowest BCUT2D eigenvalue weighted by molar-refractivity contribution is -0.891. The number of hydrogen-bond donors (Lipinski definition) is 0. The van der Waals surface area contributed by atoms with Crippen LogP contribution in [0.2, 0.25) is 0 Å². The molecule has 1 fully saturated rings. The first-order valence-electron chi connectivity index (χ1n) is 11.6. The SMILES string of the molecule is CCCCCCCCCCCCCCCCCC[N+](C)(C)CC1CO1.[I-]. The van der Waals surface area contributed by atoms with Crippen molar-refractivity contribution in [2.45, 2.75) is 116 Å². The van der Waals surface area contributed by atoms with Gasteiger partial charge in [0.25, 0.3) is 0 Å². The van der Waals surface area contributed by atoms with Gasteiger partial charge in [0, 0.05) is 0 Å². The quantitative estimate of drug-likeness (QED) is 0.119. The van der Waals surface area contributed by atoms with E-state index in [-0.39, 0.29) is 24.0 Å². The zero-order valence-electron chi connectivity index (χ0n) is 18.2. The summed E-state index contributed by atoms with van der Waals surface area (Å²) < 4.78 is 6.50. The van der Waals surface area contributed by atoms with Crippen LogP contribution in [0.3, 0.4) is 0 Å². The fourth-order valence-electron chi connectivity index (χ4n) is 3.90. The third-order valence-corrected chi connectivity index (χ3v) is 5.72. The van der Waals surface area contributed by atoms with Gasteiger partial charge in [-0.15, -0.1) is 0 Å². The Bertz CT molecular complexity index is 292. The highest BCUT2D eigenvalue weighted by molar-refractivity contribution is 4.67. The van der Waals surface area contributed by atoms with E-state index in [0.29, 0.717) is 6.10 Å². The van der Waals surface area contributed by atoms with E-state index in [9.17, 15) is 0 Å². The third kappa shape index (κ3) is 18.0. The molecular formula is C23H48INO. The van der Waals surface area contributed by atoms with Crippen LogP contribution in [0.15, 0.2) is 0 Å². The van der Waals surface area contributed by atoms with Crippen LogP contribution in [0, 0.1) is 0 Å². The van der Waals surface area contributed by atoms with E-state index in [1.165, 1.54) is 116 Å². The van der Waals surface area contributed by atoms with Crippen LogP contribution < -0.4 is 24.0 Å². The van der Waals surface area contributed by atoms with Gasteiger partial charge in [-0.3, -0.25) is 0 Å². The van der Waals surface area contributed by atoms with E-state index in [1.54, 1.807) is 0 Å². The number of hydrogen-bond acceptors (Lipinski definition) is 1. The molecule has 158 valence electrons. The van der Waals surface area contributed by atoms with E-state index in [4.69, 9.17) is 4.74 Å². The van der Waals surface area contributed by atoms with Crippen LogP contribution in [0.25, 0.3) is 0 Å². The lowest BCUT2D eigenvalue weighted by Crippen LogP contribution is -3.00. The number of quaternary nitrogens is 1. The van der Waals surface area contributed by atoms with Crippen molar-refractivity contribution in [2.75, 3.05) is 33.8 Å². The Hall–Kier alpha value is 0.650. The molecule has 1 aliphatic rings. The van der Waals surface area contributed by atoms with Crippen molar-refractivity contribution in [3.8, 4) is 0 Å². The topological polar surface area (TPSA) is 12.5 Å². The molecule has 1 aliphatic heterocycles. The van der Waals surface area contributed by atoms with Gasteiger partial charge in [0.15, 0.2) is 0 Å². The van der Waals surface area contributed by atoms with E-state index in [0.717, 1.165) is 11.1 Å². The monoisotopic (exact) mass is 481 g/mol. The molecule has 1 atom stereocenters. The Morgan fingerprint density at radius 1 is 0.654 bits per heavy atom. The van der Waals surface area contributed by atoms with E-state index >= 15 is 0 Å². The van der Waals surface area contributed by atoms with Gasteiger partial charge >= 0.3 is 0 Å². The smallest absolute Gasteiger partial charge is 0.130 e. The molecule has 0 radical (unpaired) electrons. The predicted octanol–water partition coefficient (Wildman–Crippen LogP) is 3.73. The van der Waals surface area contributed by atoms with Crippen LogP contribution in [0.4, 0.5) is 0 Å². The van der Waals surface area contributed by atoms with Gasteiger partial charge in [0.05, 0.1) is 27.2 Å². The molecule has 0 aromatic heterocycles. The molecule has 0 aromatic rings. The Morgan fingerprint density at radius 2 is 1.00 bits per heavy atom. The molecule has 0 aromatic carbocycles. The normalized spacial score (nSPS) is 16.5. The fraction of sp³-hybridized carbons (Fsp3) is 1.00. The molecule has 1 unspecified atom stereocenters. The molecular weight excluding hydrogens is 433 g/mol. The van der Waals surface area contributed by atoms with Crippen molar-refractivity contribution < 1.29 is 33.2 Å². The number of halogens is 1. The molecule has 0 N–H and O–H groups in total. The van der Waals surface area contributed by atoms with Crippen LogP contribution in [-0.2, 0) is 4.74 Å². The van der Waals surface area contributed by atoms with Crippen molar-refractivity contribution in [3.63, 3.8) is 0 Å². The molecule has 0 aliphatic carbocycles. The highest BCUT2D eigenvalue weighted by Gasteiger charge is 2.30. The van der Waals surface area contributed by atoms with Crippen LogP contribution in [0.5, 0.6) is 0 Å². The Kier molecular flexibility index (Phi) is 18.2. The summed E-state index contributed by atoms with van der Waals surface area (Å²) in [7, 11) is 4.71. The highest BCUT2D eigenvalue weighted by atomic mass is 127. The largest absolute Gasteiger partial charge is 1.00 e. The maximum absolute atomic E-state index is 5.36. The van der Waals surface area contributed by atoms with Gasteiger partial charge in [-0.2, -0.15) is 0 Å². The second kappa shape index (κ2) is 17.7. The Labute approximate surface area is 182 Å². The Morgan fingerprint density at radius 3 is 1.35 bits per heavy atom. The van der Waals surface area contributed by atoms with E-state index < -0.39 is 0 Å². The first kappa shape index (κ1) is 26.6. The molecule has 1 rings (SSSR count). The van der Waals surface area contributed by atoms with Crippen molar-refractivity contribution in [3.05, 3.63) is 0 Å². The average Bonchev–Trinajstić information content (AvgIpc) is 3.37. The van der Waals surface area contributed by atoms with Gasteiger partial charge in [-0.05, 0) is 12.8 Å². The van der Waals surface area contributed by atoms with Crippen LogP contribution >= 0.6 is 0 Å². The average molecular weight is 482 g/mol. The van der Waals surface area contributed by atoms with Crippen LogP contribution in [0.1, 0.15) is 110 Å².